The third-order valence-corrected chi connectivity index (χ3v) is 16.3. The van der Waals surface area contributed by atoms with Gasteiger partial charge < -0.3 is 88.7 Å². The summed E-state index contributed by atoms with van der Waals surface area (Å²) in [5.74, 6) is -1.59. The number of carbonyl (C=O) groups excluding carboxylic acids is 4. The summed E-state index contributed by atoms with van der Waals surface area (Å²) in [6.07, 6.45) is 2.66. The van der Waals surface area contributed by atoms with E-state index < -0.39 is 103 Å². The lowest BCUT2D eigenvalue weighted by atomic mass is 9.87. The van der Waals surface area contributed by atoms with E-state index >= 15 is 0 Å². The average Bonchev–Trinajstić information content (AvgIpc) is 3.91. The Morgan fingerprint density at radius 3 is 2.13 bits per heavy atom. The number of ether oxygens (including phenoxy) is 3. The third kappa shape index (κ3) is 23.6. The zero-order valence-electron chi connectivity index (χ0n) is 43.2. The molecule has 2 fully saturated rings. The summed E-state index contributed by atoms with van der Waals surface area (Å²) in [6.45, 7) is 2.15. The Hall–Kier alpha value is -2.93. The van der Waals surface area contributed by atoms with Crippen LogP contribution in [0.15, 0.2) is 12.7 Å². The van der Waals surface area contributed by atoms with Crippen molar-refractivity contribution in [3.8, 4) is 0 Å². The van der Waals surface area contributed by atoms with Gasteiger partial charge in [-0.2, -0.15) is 0 Å². The Kier molecular flexibility index (Phi) is 27.6. The molecule has 4 rings (SSSR count). The van der Waals surface area contributed by atoms with Crippen LogP contribution in [-0.4, -0.2) is 150 Å². The summed E-state index contributed by atoms with van der Waals surface area (Å²) in [7, 11) is -17.7. The number of fused-ring (bicyclic) bond motifs is 1. The van der Waals surface area contributed by atoms with Crippen molar-refractivity contribution < 1.29 is 105 Å². The maximum atomic E-state index is 12.7. The monoisotopic (exact) mass is 1180 g/mol. The molecule has 440 valence electrons. The van der Waals surface area contributed by atoms with Crippen LogP contribution in [0.3, 0.4) is 0 Å². The molecule has 0 radical (unpaired) electrons. The number of unbranched alkanes of at least 4 members (excludes halogenated alkanes) is 11. The number of amides is 2. The molecule has 2 saturated heterocycles. The summed E-state index contributed by atoms with van der Waals surface area (Å²) in [6, 6.07) is 0. The minimum Gasteiger partial charge on any atom is -0.790 e. The molecule has 77 heavy (non-hydrogen) atoms. The molecule has 0 aliphatic carbocycles. The fraction of sp³-hybridized carbons (Fsp3) is 0.795. The van der Waals surface area contributed by atoms with Crippen LogP contribution in [-0.2, 0) is 65.0 Å². The number of imidazole rings is 1. The van der Waals surface area contributed by atoms with Gasteiger partial charge >= 0.3 is 0 Å². The largest absolute Gasteiger partial charge is 0.790 e. The first-order valence-corrected chi connectivity index (χ1v) is 30.7. The van der Waals surface area contributed by atoms with Gasteiger partial charge in [0.2, 0.25) is 11.8 Å². The van der Waals surface area contributed by atoms with Gasteiger partial charge in [0.1, 0.15) is 48.1 Å². The van der Waals surface area contributed by atoms with E-state index in [0.29, 0.717) is 19.4 Å². The van der Waals surface area contributed by atoms with Gasteiger partial charge in [-0.15, -0.1) is 0 Å². The Labute approximate surface area is 449 Å². The summed E-state index contributed by atoms with van der Waals surface area (Å²) < 4.78 is 72.0. The lowest BCUT2D eigenvalue weighted by Crippen LogP contribution is -2.47. The molecule has 2 aliphatic rings. The average molecular weight is 1180 g/mol. The maximum absolute atomic E-state index is 12.7. The van der Waals surface area contributed by atoms with Gasteiger partial charge in [-0.05, 0) is 19.8 Å². The van der Waals surface area contributed by atoms with E-state index in [9.17, 15) is 72.9 Å². The standard InChI is InChI=1S/C44H76N7O22P3S/c1-28-30(53)23-31(54)43(70-28)67-20-15-13-11-9-7-5-4-6-8-10-12-14-16-29(52)22-34(56)77-21-19-46-33(55)17-18-47-41(59)38(58)44(2,3)25-69-76(65,66)73-75(63,64)68-24-32-37(72-74(60,61)62)36(57)42(71-32)51-27-50-35-39(45)48-26-49-40(35)51/h26-28,30-32,36-38,42-43,53-54,57-58H,4-25H2,1-3H3,(H,46,55)(H,47,59)(H,63,64)(H,65,66)(H2,45,48,49)(H2,60,61,62)/p-4/t28-,30+,31+,32+,36+,37+,38-,42+,43+/m0/s1. The molecule has 33 heteroatoms. The number of nitrogen functional groups attached to an aromatic ring is 1. The first-order chi connectivity index (χ1) is 36.2. The van der Waals surface area contributed by atoms with Gasteiger partial charge in [-0.3, -0.25) is 32.9 Å². The SMILES string of the molecule is C[C@@H]1O[C@@H](OCCCCCCCCCCCCCCC(=O)CC(=O)SCCNC(=O)CCNC(=O)[C@H](O)C(C)(C)COP(=O)([O-])OP(=O)([O-])OC[C@H]2O[C@@H](n3cnc4c(N)ncnc43)[C@H](O)[C@@H]2OP(=O)([O-])[O-])[C@H](O)C[C@H]1O. The number of hydrogen-bond acceptors (Lipinski definition) is 27. The zero-order valence-corrected chi connectivity index (χ0v) is 46.7. The number of nitrogens with one attached hydrogen (secondary N) is 2. The van der Waals surface area contributed by atoms with Crippen molar-refractivity contribution in [2.75, 3.05) is 44.4 Å². The maximum Gasteiger partial charge on any atom is 0.274 e. The number of rotatable bonds is 37. The highest BCUT2D eigenvalue weighted by molar-refractivity contribution is 8.13. The van der Waals surface area contributed by atoms with E-state index in [0.717, 1.165) is 86.8 Å². The number of hydrogen-bond donors (Lipinski definition) is 7. The van der Waals surface area contributed by atoms with Crippen LogP contribution in [0.25, 0.3) is 11.2 Å². The summed E-state index contributed by atoms with van der Waals surface area (Å²) in [4.78, 5) is 109. The van der Waals surface area contributed by atoms with Gasteiger partial charge in [0.05, 0.1) is 46.0 Å². The molecule has 11 atom stereocenters. The minimum atomic E-state index is -5.95. The van der Waals surface area contributed by atoms with Gasteiger partial charge in [-0.25, -0.2) is 19.3 Å². The lowest BCUT2D eigenvalue weighted by Gasteiger charge is -2.36. The molecule has 29 nitrogen and oxygen atoms in total. The summed E-state index contributed by atoms with van der Waals surface area (Å²) in [5, 5.41) is 45.8. The number of aliphatic hydroxyl groups is 4. The number of nitrogens with zero attached hydrogens (tertiary/aromatic N) is 4. The first kappa shape index (κ1) is 66.6. The van der Waals surface area contributed by atoms with Crippen LogP contribution in [0, 0.1) is 5.41 Å². The molecule has 0 saturated carbocycles. The van der Waals surface area contributed by atoms with E-state index in [1.54, 1.807) is 6.92 Å². The fourth-order valence-corrected chi connectivity index (χ4v) is 11.5. The van der Waals surface area contributed by atoms with E-state index in [-0.39, 0.29) is 72.1 Å². The molecule has 2 aromatic rings. The highest BCUT2D eigenvalue weighted by Crippen LogP contribution is 2.56. The van der Waals surface area contributed by atoms with Crippen molar-refractivity contribution in [1.29, 1.82) is 0 Å². The topological polar surface area (TPSA) is 451 Å². The van der Waals surface area contributed by atoms with Crippen LogP contribution in [0.2, 0.25) is 0 Å². The molecule has 4 heterocycles. The van der Waals surface area contributed by atoms with Crippen molar-refractivity contribution in [1.82, 2.24) is 30.2 Å². The predicted molar refractivity (Wildman–Crippen MR) is 265 cm³/mol. The quantitative estimate of drug-likeness (QED) is 0.0267. The van der Waals surface area contributed by atoms with Crippen molar-refractivity contribution >= 4 is 74.9 Å². The van der Waals surface area contributed by atoms with Crippen LogP contribution < -0.4 is 35.9 Å². The number of Topliss-reactive ketones (excluding diaryl/α,β-unsaturated/α-hetero) is 1. The Morgan fingerprint density at radius 1 is 0.857 bits per heavy atom. The normalized spacial score (nSPS) is 24.0. The number of carbonyl (C=O) groups is 4. The predicted octanol–water partition coefficient (Wildman–Crippen LogP) is 0.0405. The number of aromatic nitrogens is 4. The van der Waals surface area contributed by atoms with Crippen LogP contribution in [0.1, 0.15) is 130 Å². The molecule has 2 aromatic heterocycles. The molecule has 2 aliphatic heterocycles. The number of phosphoric ester groups is 3. The molecular weight excluding hydrogens is 1100 g/mol. The molecule has 2 unspecified atom stereocenters. The second kappa shape index (κ2) is 31.9. The molecule has 2 amide bonds. The van der Waals surface area contributed by atoms with Gasteiger partial charge in [0, 0.05) is 50.1 Å². The minimum absolute atomic E-state index is 0.0310. The number of aliphatic hydroxyl groups excluding tert-OH is 4. The second-order valence-corrected chi connectivity index (χ2v) is 24.6. The van der Waals surface area contributed by atoms with Crippen molar-refractivity contribution in [3.63, 3.8) is 0 Å². The zero-order chi connectivity index (χ0) is 57.0. The molecule has 0 aromatic carbocycles. The van der Waals surface area contributed by atoms with Gasteiger partial charge in [-0.1, -0.05) is 89.8 Å². The van der Waals surface area contributed by atoms with Crippen LogP contribution in [0.5, 0.6) is 0 Å². The fourth-order valence-electron chi connectivity index (χ4n) is 8.06. The number of thioether (sulfide) groups is 1. The Balaban J connectivity index is 1.00. The Morgan fingerprint density at radius 2 is 1.48 bits per heavy atom. The number of anilines is 1. The Bertz CT molecular complexity index is 2350. The smallest absolute Gasteiger partial charge is 0.274 e. The first-order valence-electron chi connectivity index (χ1n) is 25.3. The van der Waals surface area contributed by atoms with E-state index in [2.05, 4.69) is 43.5 Å². The molecular formula is C44H72N7O22P3S-4. The summed E-state index contributed by atoms with van der Waals surface area (Å²) >= 11 is 0.909. The number of ketones is 1. The number of nitrogens with two attached hydrogens (primary N) is 1. The lowest BCUT2D eigenvalue weighted by molar-refractivity contribution is -0.347. The van der Waals surface area contributed by atoms with E-state index in [1.807, 2.05) is 0 Å². The third-order valence-electron chi connectivity index (χ3n) is 12.4. The highest BCUT2D eigenvalue weighted by Gasteiger charge is 2.47. The van der Waals surface area contributed by atoms with E-state index in [4.69, 9.17) is 19.9 Å². The summed E-state index contributed by atoms with van der Waals surface area (Å²) in [5.41, 5.74) is 4.03. The van der Waals surface area contributed by atoms with Crippen LogP contribution in [0.4, 0.5) is 5.82 Å². The number of phosphoric acid groups is 3. The highest BCUT2D eigenvalue weighted by atomic mass is 32.2. The molecule has 8 N–H and O–H groups in total. The molecule has 0 spiro atoms. The molecule has 0 bridgehead atoms. The van der Waals surface area contributed by atoms with E-state index in [1.165, 1.54) is 26.7 Å². The second-order valence-electron chi connectivity index (χ2n) is 19.4. The van der Waals surface area contributed by atoms with Crippen LogP contribution >= 0.6 is 35.2 Å². The van der Waals surface area contributed by atoms with Crippen molar-refractivity contribution in [2.45, 2.75) is 179 Å². The van der Waals surface area contributed by atoms with Crippen molar-refractivity contribution in [3.05, 3.63) is 12.7 Å². The van der Waals surface area contributed by atoms with Gasteiger partial charge in [0.25, 0.3) is 15.6 Å². The van der Waals surface area contributed by atoms with Crippen molar-refractivity contribution in [2.24, 2.45) is 5.41 Å². The van der Waals surface area contributed by atoms with Gasteiger partial charge in [0.15, 0.2) is 29.1 Å².